The Hall–Kier alpha value is -1.33. The molecule has 1 aromatic carbocycles. The highest BCUT2D eigenvalue weighted by Crippen LogP contribution is 2.27. The number of halogens is 1. The Kier molecular flexibility index (Phi) is 3.96. The summed E-state index contributed by atoms with van der Waals surface area (Å²) in [6.45, 7) is 8.68. The molecule has 0 aliphatic carbocycles. The number of hydrogen-bond donors (Lipinski definition) is 1. The van der Waals surface area contributed by atoms with Gasteiger partial charge in [-0.25, -0.2) is 4.39 Å². The Bertz CT molecular complexity index is 572. The van der Waals surface area contributed by atoms with E-state index in [-0.39, 0.29) is 11.4 Å². The quantitative estimate of drug-likeness (QED) is 0.934. The Labute approximate surface area is 116 Å². The van der Waals surface area contributed by atoms with E-state index in [0.29, 0.717) is 22.7 Å². The van der Waals surface area contributed by atoms with Crippen LogP contribution >= 0.6 is 11.3 Å². The van der Waals surface area contributed by atoms with Crippen LogP contribution in [0.5, 0.6) is 0 Å². The van der Waals surface area contributed by atoms with E-state index in [2.05, 4.69) is 36.3 Å². The predicted octanol–water partition coefficient (Wildman–Crippen LogP) is 3.54. The molecule has 0 saturated carbocycles. The zero-order valence-corrected chi connectivity index (χ0v) is 12.4. The Morgan fingerprint density at radius 2 is 2.00 bits per heavy atom. The molecular formula is C14H18FN3S. The maximum absolute atomic E-state index is 14.0. The van der Waals surface area contributed by atoms with Crippen LogP contribution in [-0.2, 0) is 6.54 Å². The third-order valence-corrected chi connectivity index (χ3v) is 3.62. The highest BCUT2D eigenvalue weighted by Gasteiger charge is 2.14. The van der Waals surface area contributed by atoms with Gasteiger partial charge >= 0.3 is 0 Å². The van der Waals surface area contributed by atoms with Crippen molar-refractivity contribution < 1.29 is 4.39 Å². The second kappa shape index (κ2) is 5.35. The van der Waals surface area contributed by atoms with Crippen molar-refractivity contribution in [1.82, 2.24) is 15.5 Å². The second-order valence-corrected chi connectivity index (χ2v) is 6.60. The van der Waals surface area contributed by atoms with E-state index in [0.717, 1.165) is 5.01 Å². The standard InChI is InChI=1S/C14H18FN3S/c1-9-6-5-7-10(12(9)15)13-18-17-11(19-13)8-16-14(2,3)4/h5-7,16H,8H2,1-4H3. The lowest BCUT2D eigenvalue weighted by Crippen LogP contribution is -2.35. The largest absolute Gasteiger partial charge is 0.306 e. The number of nitrogens with zero attached hydrogens (tertiary/aromatic N) is 2. The van der Waals surface area contributed by atoms with Gasteiger partial charge in [-0.3, -0.25) is 0 Å². The van der Waals surface area contributed by atoms with Crippen LogP contribution in [0.3, 0.4) is 0 Å². The molecule has 0 spiro atoms. The van der Waals surface area contributed by atoms with E-state index in [1.54, 1.807) is 19.1 Å². The molecule has 0 fully saturated rings. The maximum atomic E-state index is 14.0. The van der Waals surface area contributed by atoms with Gasteiger partial charge in [-0.15, -0.1) is 10.2 Å². The summed E-state index contributed by atoms with van der Waals surface area (Å²) in [5, 5.41) is 13.0. The molecule has 0 saturated heterocycles. The minimum absolute atomic E-state index is 0.0282. The van der Waals surface area contributed by atoms with Crippen LogP contribution in [-0.4, -0.2) is 15.7 Å². The highest BCUT2D eigenvalue weighted by atomic mass is 32.1. The molecule has 0 aliphatic rings. The summed E-state index contributed by atoms with van der Waals surface area (Å²) in [4.78, 5) is 0. The van der Waals surface area contributed by atoms with E-state index >= 15 is 0 Å². The summed E-state index contributed by atoms with van der Waals surface area (Å²) >= 11 is 1.42. The fourth-order valence-electron chi connectivity index (χ4n) is 1.59. The van der Waals surface area contributed by atoms with Crippen molar-refractivity contribution in [3.63, 3.8) is 0 Å². The van der Waals surface area contributed by atoms with Gasteiger partial charge in [-0.2, -0.15) is 0 Å². The van der Waals surface area contributed by atoms with Crippen molar-refractivity contribution in [2.24, 2.45) is 0 Å². The first-order chi connectivity index (χ1) is 8.87. The third-order valence-electron chi connectivity index (χ3n) is 2.66. The maximum Gasteiger partial charge on any atom is 0.150 e. The molecule has 0 unspecified atom stereocenters. The van der Waals surface area contributed by atoms with Crippen LogP contribution in [0.4, 0.5) is 4.39 Å². The van der Waals surface area contributed by atoms with E-state index in [4.69, 9.17) is 0 Å². The molecule has 5 heteroatoms. The highest BCUT2D eigenvalue weighted by molar-refractivity contribution is 7.14. The number of rotatable bonds is 3. The van der Waals surface area contributed by atoms with Crippen LogP contribution in [0.1, 0.15) is 31.3 Å². The first-order valence-corrected chi connectivity index (χ1v) is 7.01. The predicted molar refractivity (Wildman–Crippen MR) is 76.6 cm³/mol. The molecule has 2 rings (SSSR count). The summed E-state index contributed by atoms with van der Waals surface area (Å²) in [6, 6.07) is 5.33. The molecule has 19 heavy (non-hydrogen) atoms. The second-order valence-electron chi connectivity index (χ2n) is 5.54. The summed E-state index contributed by atoms with van der Waals surface area (Å²) in [6.07, 6.45) is 0. The summed E-state index contributed by atoms with van der Waals surface area (Å²) in [7, 11) is 0. The van der Waals surface area contributed by atoms with Gasteiger partial charge in [0, 0.05) is 11.1 Å². The Balaban J connectivity index is 2.19. The van der Waals surface area contributed by atoms with E-state index in [1.165, 1.54) is 11.3 Å². The third kappa shape index (κ3) is 3.58. The Morgan fingerprint density at radius 3 is 2.68 bits per heavy atom. The molecule has 0 amide bonds. The molecule has 1 N–H and O–H groups in total. The summed E-state index contributed by atoms with van der Waals surface area (Å²) < 4.78 is 14.0. The first kappa shape index (κ1) is 14.1. The average molecular weight is 279 g/mol. The Morgan fingerprint density at radius 1 is 1.26 bits per heavy atom. The summed E-state index contributed by atoms with van der Waals surface area (Å²) in [5.74, 6) is -0.214. The van der Waals surface area contributed by atoms with Crippen molar-refractivity contribution in [2.75, 3.05) is 0 Å². The lowest BCUT2D eigenvalue weighted by molar-refractivity contribution is 0.423. The van der Waals surface area contributed by atoms with Gasteiger partial charge in [0.1, 0.15) is 10.8 Å². The van der Waals surface area contributed by atoms with Gasteiger partial charge in [0.25, 0.3) is 0 Å². The van der Waals surface area contributed by atoms with Crippen LogP contribution in [0, 0.1) is 12.7 Å². The van der Waals surface area contributed by atoms with E-state index in [9.17, 15) is 4.39 Å². The minimum atomic E-state index is -0.214. The lowest BCUT2D eigenvalue weighted by atomic mass is 10.1. The van der Waals surface area contributed by atoms with Gasteiger partial charge < -0.3 is 5.32 Å². The van der Waals surface area contributed by atoms with Gasteiger partial charge in [0.05, 0.1) is 6.54 Å². The SMILES string of the molecule is Cc1cccc(-c2nnc(CNC(C)(C)C)s2)c1F. The fraction of sp³-hybridized carbons (Fsp3) is 0.429. The van der Waals surface area contributed by atoms with Crippen molar-refractivity contribution in [1.29, 1.82) is 0 Å². The number of aromatic nitrogens is 2. The molecular weight excluding hydrogens is 261 g/mol. The molecule has 0 bridgehead atoms. The minimum Gasteiger partial charge on any atom is -0.306 e. The van der Waals surface area contributed by atoms with Crippen molar-refractivity contribution >= 4 is 11.3 Å². The fourth-order valence-corrected chi connectivity index (χ4v) is 2.39. The molecule has 102 valence electrons. The molecule has 1 aromatic heterocycles. The van der Waals surface area contributed by atoms with Gasteiger partial charge in [-0.1, -0.05) is 23.5 Å². The van der Waals surface area contributed by atoms with Crippen LogP contribution in [0.25, 0.3) is 10.6 Å². The van der Waals surface area contributed by atoms with Gasteiger partial charge in [0.2, 0.25) is 0 Å². The zero-order chi connectivity index (χ0) is 14.0. The van der Waals surface area contributed by atoms with Gasteiger partial charge in [-0.05, 0) is 39.3 Å². The topological polar surface area (TPSA) is 37.8 Å². The smallest absolute Gasteiger partial charge is 0.150 e. The van der Waals surface area contributed by atoms with E-state index < -0.39 is 0 Å². The molecule has 0 radical (unpaired) electrons. The van der Waals surface area contributed by atoms with Crippen molar-refractivity contribution in [2.45, 2.75) is 39.8 Å². The monoisotopic (exact) mass is 279 g/mol. The molecule has 0 aliphatic heterocycles. The molecule has 1 heterocycles. The first-order valence-electron chi connectivity index (χ1n) is 6.20. The summed E-state index contributed by atoms with van der Waals surface area (Å²) in [5.41, 5.74) is 1.18. The van der Waals surface area contributed by atoms with Crippen molar-refractivity contribution in [3.05, 3.63) is 34.6 Å². The average Bonchev–Trinajstić information content (AvgIpc) is 2.78. The van der Waals surface area contributed by atoms with Gasteiger partial charge in [0.15, 0.2) is 5.01 Å². The number of benzene rings is 1. The number of hydrogen-bond acceptors (Lipinski definition) is 4. The van der Waals surface area contributed by atoms with E-state index in [1.807, 2.05) is 6.07 Å². The molecule has 2 aromatic rings. The van der Waals surface area contributed by atoms with Crippen molar-refractivity contribution in [3.8, 4) is 10.6 Å². The lowest BCUT2D eigenvalue weighted by Gasteiger charge is -2.19. The van der Waals surface area contributed by atoms with Crippen LogP contribution < -0.4 is 5.32 Å². The number of nitrogens with one attached hydrogen (secondary N) is 1. The van der Waals surface area contributed by atoms with Crippen LogP contribution in [0.15, 0.2) is 18.2 Å². The molecule has 3 nitrogen and oxygen atoms in total. The number of aryl methyl sites for hydroxylation is 1. The van der Waals surface area contributed by atoms with Crippen LogP contribution in [0.2, 0.25) is 0 Å². The molecule has 0 atom stereocenters. The normalized spacial score (nSPS) is 11.8. The zero-order valence-electron chi connectivity index (χ0n) is 11.6.